The molecule has 2 saturated heterocycles. The van der Waals surface area contributed by atoms with E-state index in [9.17, 15) is 5.21 Å². The van der Waals surface area contributed by atoms with E-state index in [4.69, 9.17) is 9.47 Å². The zero-order valence-corrected chi connectivity index (χ0v) is 9.38. The number of fused-ring (bicyclic) bond motifs is 1. The lowest BCUT2D eigenvalue weighted by molar-refractivity contribution is -0.199. The van der Waals surface area contributed by atoms with E-state index >= 15 is 0 Å². The van der Waals surface area contributed by atoms with Gasteiger partial charge in [0, 0.05) is 11.9 Å². The van der Waals surface area contributed by atoms with Crippen LogP contribution in [0.2, 0.25) is 0 Å². The molecule has 1 aromatic heterocycles. The van der Waals surface area contributed by atoms with E-state index in [0.29, 0.717) is 6.54 Å². The van der Waals surface area contributed by atoms with E-state index in [1.165, 1.54) is 5.06 Å². The number of nitrogens with zero attached hydrogens (tertiary/aromatic N) is 1. The summed E-state index contributed by atoms with van der Waals surface area (Å²) in [6, 6.07) is 3.70. The van der Waals surface area contributed by atoms with Gasteiger partial charge in [0.05, 0.1) is 6.54 Å². The Kier molecular flexibility index (Phi) is 2.12. The number of hydrogen-bond donors (Lipinski definition) is 2. The third-order valence-electron chi connectivity index (χ3n) is 3.16. The second-order valence-electron chi connectivity index (χ2n) is 4.83. The van der Waals surface area contributed by atoms with E-state index in [1.807, 2.05) is 32.2 Å². The molecule has 2 fully saturated rings. The van der Waals surface area contributed by atoms with E-state index in [-0.39, 0.29) is 18.2 Å². The molecule has 16 heavy (non-hydrogen) atoms. The van der Waals surface area contributed by atoms with Crippen LogP contribution in [0.25, 0.3) is 0 Å². The van der Waals surface area contributed by atoms with Crippen molar-refractivity contribution in [2.24, 2.45) is 0 Å². The summed E-state index contributed by atoms with van der Waals surface area (Å²) in [6.07, 6.45) is 1.67. The van der Waals surface area contributed by atoms with Crippen molar-refractivity contribution >= 4 is 0 Å². The SMILES string of the molecule is CC1(C)O[C@@H]2[C@@H](CN(O)[C@H]2c2ccc[nH]2)O1. The number of aromatic nitrogens is 1. The van der Waals surface area contributed by atoms with Crippen LogP contribution in [0.1, 0.15) is 25.6 Å². The summed E-state index contributed by atoms with van der Waals surface area (Å²) in [5.74, 6) is -0.554. The Morgan fingerprint density at radius 2 is 2.31 bits per heavy atom. The third-order valence-corrected chi connectivity index (χ3v) is 3.16. The fraction of sp³-hybridized carbons (Fsp3) is 0.636. The van der Waals surface area contributed by atoms with Gasteiger partial charge in [-0.25, -0.2) is 0 Å². The molecule has 0 bridgehead atoms. The van der Waals surface area contributed by atoms with Gasteiger partial charge in [-0.05, 0) is 26.0 Å². The monoisotopic (exact) mass is 224 g/mol. The van der Waals surface area contributed by atoms with Crippen molar-refractivity contribution in [2.75, 3.05) is 6.54 Å². The van der Waals surface area contributed by atoms with Crippen molar-refractivity contribution in [1.82, 2.24) is 10.0 Å². The van der Waals surface area contributed by atoms with Crippen molar-refractivity contribution in [1.29, 1.82) is 0 Å². The van der Waals surface area contributed by atoms with Crippen LogP contribution in [-0.4, -0.2) is 39.8 Å². The van der Waals surface area contributed by atoms with Gasteiger partial charge in [0.25, 0.3) is 0 Å². The maximum atomic E-state index is 9.89. The Bertz CT molecular complexity index is 377. The highest BCUT2D eigenvalue weighted by molar-refractivity contribution is 5.15. The second-order valence-corrected chi connectivity index (χ2v) is 4.83. The largest absolute Gasteiger partial charge is 0.364 e. The molecule has 0 unspecified atom stereocenters. The average molecular weight is 224 g/mol. The van der Waals surface area contributed by atoms with Crippen LogP contribution < -0.4 is 0 Å². The fourth-order valence-corrected chi connectivity index (χ4v) is 2.61. The lowest BCUT2D eigenvalue weighted by Gasteiger charge is -2.25. The van der Waals surface area contributed by atoms with Gasteiger partial charge >= 0.3 is 0 Å². The maximum Gasteiger partial charge on any atom is 0.163 e. The number of rotatable bonds is 1. The quantitative estimate of drug-likeness (QED) is 0.754. The van der Waals surface area contributed by atoms with Crippen molar-refractivity contribution in [2.45, 2.75) is 37.9 Å². The van der Waals surface area contributed by atoms with Gasteiger partial charge < -0.3 is 19.7 Å². The van der Waals surface area contributed by atoms with Gasteiger partial charge in [0.2, 0.25) is 0 Å². The summed E-state index contributed by atoms with van der Waals surface area (Å²) in [5, 5.41) is 11.2. The van der Waals surface area contributed by atoms with Gasteiger partial charge in [0.1, 0.15) is 18.2 Å². The molecule has 2 aliphatic heterocycles. The Hall–Kier alpha value is -0.880. The highest BCUT2D eigenvalue weighted by atomic mass is 16.8. The third kappa shape index (κ3) is 1.48. The zero-order valence-electron chi connectivity index (χ0n) is 9.38. The molecule has 3 heterocycles. The number of hydrogen-bond acceptors (Lipinski definition) is 4. The summed E-state index contributed by atoms with van der Waals surface area (Å²) in [7, 11) is 0. The van der Waals surface area contributed by atoms with Crippen LogP contribution >= 0.6 is 0 Å². The minimum Gasteiger partial charge on any atom is -0.364 e. The molecule has 3 atom stereocenters. The van der Waals surface area contributed by atoms with Crippen LogP contribution in [0.15, 0.2) is 18.3 Å². The van der Waals surface area contributed by atoms with Crippen LogP contribution in [0.3, 0.4) is 0 Å². The smallest absolute Gasteiger partial charge is 0.163 e. The number of hydroxylamine groups is 2. The molecule has 0 aliphatic carbocycles. The van der Waals surface area contributed by atoms with Gasteiger partial charge in [-0.15, -0.1) is 0 Å². The average Bonchev–Trinajstić information content (AvgIpc) is 2.79. The summed E-state index contributed by atoms with van der Waals surface area (Å²) in [5.41, 5.74) is 0.955. The zero-order chi connectivity index (χ0) is 11.3. The van der Waals surface area contributed by atoms with Crippen molar-refractivity contribution in [3.63, 3.8) is 0 Å². The molecule has 0 amide bonds. The molecule has 0 radical (unpaired) electrons. The molecule has 2 aliphatic rings. The fourth-order valence-electron chi connectivity index (χ4n) is 2.61. The number of ether oxygens (including phenoxy) is 2. The highest BCUT2D eigenvalue weighted by Crippen LogP contribution is 2.42. The molecule has 0 spiro atoms. The molecule has 5 heteroatoms. The Morgan fingerprint density at radius 1 is 1.50 bits per heavy atom. The minimum atomic E-state index is -0.554. The predicted molar refractivity (Wildman–Crippen MR) is 55.9 cm³/mol. The van der Waals surface area contributed by atoms with Gasteiger partial charge in [-0.3, -0.25) is 0 Å². The van der Waals surface area contributed by atoms with Crippen LogP contribution in [0, 0.1) is 0 Å². The lowest BCUT2D eigenvalue weighted by Crippen LogP contribution is -2.31. The molecule has 5 nitrogen and oxygen atoms in total. The van der Waals surface area contributed by atoms with E-state index < -0.39 is 5.79 Å². The summed E-state index contributed by atoms with van der Waals surface area (Å²) in [4.78, 5) is 3.11. The Balaban J connectivity index is 1.89. The number of nitrogens with one attached hydrogen (secondary N) is 1. The van der Waals surface area contributed by atoms with Crippen LogP contribution in [0.5, 0.6) is 0 Å². The van der Waals surface area contributed by atoms with Crippen LogP contribution in [0.4, 0.5) is 0 Å². The maximum absolute atomic E-state index is 9.89. The topological polar surface area (TPSA) is 57.7 Å². The normalized spacial score (nSPS) is 37.8. The van der Waals surface area contributed by atoms with Gasteiger partial charge in [0.15, 0.2) is 5.79 Å². The van der Waals surface area contributed by atoms with E-state index in [1.54, 1.807) is 0 Å². The molecule has 2 N–H and O–H groups in total. The summed E-state index contributed by atoms with van der Waals surface area (Å²) < 4.78 is 11.6. The van der Waals surface area contributed by atoms with E-state index in [2.05, 4.69) is 4.98 Å². The van der Waals surface area contributed by atoms with Crippen LogP contribution in [-0.2, 0) is 9.47 Å². The molecule has 3 rings (SSSR count). The molecule has 88 valence electrons. The first-order valence-electron chi connectivity index (χ1n) is 5.51. The van der Waals surface area contributed by atoms with E-state index in [0.717, 1.165) is 5.69 Å². The Labute approximate surface area is 93.9 Å². The van der Waals surface area contributed by atoms with Crippen molar-refractivity contribution in [3.05, 3.63) is 24.0 Å². The molecule has 0 saturated carbocycles. The minimum absolute atomic E-state index is 0.0618. The molecular weight excluding hydrogens is 208 g/mol. The van der Waals surface area contributed by atoms with Gasteiger partial charge in [-0.1, -0.05) is 0 Å². The summed E-state index contributed by atoms with van der Waals surface area (Å²) in [6.45, 7) is 4.29. The lowest BCUT2D eigenvalue weighted by atomic mass is 10.1. The molecular formula is C11H16N2O3. The first-order valence-corrected chi connectivity index (χ1v) is 5.51. The number of aromatic amines is 1. The summed E-state index contributed by atoms with van der Waals surface area (Å²) >= 11 is 0. The second kappa shape index (κ2) is 3.30. The Morgan fingerprint density at radius 3 is 3.00 bits per heavy atom. The first-order chi connectivity index (χ1) is 7.57. The predicted octanol–water partition coefficient (Wildman–Crippen LogP) is 1.28. The first kappa shape index (κ1) is 10.3. The molecule has 1 aromatic rings. The number of H-pyrrole nitrogens is 1. The molecule has 0 aromatic carbocycles. The highest BCUT2D eigenvalue weighted by Gasteiger charge is 2.53. The van der Waals surface area contributed by atoms with Crippen molar-refractivity contribution in [3.8, 4) is 0 Å². The van der Waals surface area contributed by atoms with Crippen molar-refractivity contribution < 1.29 is 14.7 Å². The van der Waals surface area contributed by atoms with Gasteiger partial charge in [-0.2, -0.15) is 5.06 Å². The standard InChI is InChI=1S/C11H16N2O3/c1-11(2)15-8-6-13(14)9(10(8)16-11)7-4-3-5-12-7/h3-5,8-10,12,14H,6H2,1-2H3/t8-,9+,10-/m1/s1.